The molecule has 0 amide bonds. The van der Waals surface area contributed by atoms with E-state index in [1.165, 1.54) is 0 Å². The second kappa shape index (κ2) is 17.4. The van der Waals surface area contributed by atoms with Gasteiger partial charge < -0.3 is 18.4 Å². The smallest absolute Gasteiger partial charge is 0.268 e. The Labute approximate surface area is 427 Å². The first kappa shape index (κ1) is 32.4. The molecule has 0 saturated heterocycles. The maximum atomic E-state index is 9.09. The summed E-state index contributed by atoms with van der Waals surface area (Å²) >= 11 is 0. The summed E-state index contributed by atoms with van der Waals surface area (Å²) in [7, 11) is 0. The van der Waals surface area contributed by atoms with Gasteiger partial charge in [0.15, 0.2) is 0 Å². The molecule has 0 aliphatic heterocycles. The molecule has 0 N–H and O–H groups in total. The Morgan fingerprint density at radius 3 is 1.84 bits per heavy atom. The molecule has 6 nitrogen and oxygen atoms in total. The topological polar surface area (TPSA) is 40.8 Å². The Morgan fingerprint density at radius 2 is 1.17 bits per heavy atom. The fourth-order valence-corrected chi connectivity index (χ4v) is 9.53. The number of para-hydroxylation sites is 6. The number of pyridine rings is 1. The number of rotatable bonds is 9. The van der Waals surface area contributed by atoms with Crippen LogP contribution in [-0.4, -0.2) is 18.7 Å². The monoisotopic (exact) mass is 1080 g/mol. The Kier molecular flexibility index (Phi) is 8.17. The molecule has 332 valence electrons. The van der Waals surface area contributed by atoms with Crippen molar-refractivity contribution in [2.45, 2.75) is 13.3 Å². The average Bonchev–Trinajstić information content (AvgIpc) is 4.31. The third kappa shape index (κ3) is 7.06. The van der Waals surface area contributed by atoms with Crippen molar-refractivity contribution in [3.63, 3.8) is 0 Å². The average molecular weight is 1080 g/mol. The van der Waals surface area contributed by atoms with Crippen LogP contribution in [0.3, 0.4) is 0 Å². The van der Waals surface area contributed by atoms with Gasteiger partial charge in [0.2, 0.25) is 0 Å². The number of ether oxygens (including phenoxy) is 1. The van der Waals surface area contributed by atoms with Gasteiger partial charge in [-0.3, -0.25) is 4.57 Å². The van der Waals surface area contributed by atoms with Gasteiger partial charge >= 0.3 is 0 Å². The molecule has 9 aromatic carbocycles. The van der Waals surface area contributed by atoms with Crippen molar-refractivity contribution < 1.29 is 44.1 Å². The van der Waals surface area contributed by atoms with E-state index in [9.17, 15) is 0 Å². The summed E-state index contributed by atoms with van der Waals surface area (Å²) in [4.78, 5) is 4.91. The van der Waals surface area contributed by atoms with Gasteiger partial charge in [-0.2, -0.15) is 12.1 Å². The molecule has 0 radical (unpaired) electrons. The van der Waals surface area contributed by atoms with E-state index >= 15 is 0 Å². The predicted octanol–water partition coefficient (Wildman–Crippen LogP) is 14.6. The first-order valence-corrected chi connectivity index (χ1v) is 22.2. The molecule has 7 heteroatoms. The molecule has 0 bridgehead atoms. The van der Waals surface area contributed by atoms with Crippen molar-refractivity contribution in [1.82, 2.24) is 18.7 Å². The normalized spacial score (nSPS) is 13.5. The second-order valence-corrected chi connectivity index (χ2v) is 16.3. The van der Waals surface area contributed by atoms with E-state index in [1.807, 2.05) is 79.0 Å². The molecule has 0 spiro atoms. The van der Waals surface area contributed by atoms with Crippen LogP contribution in [-0.2, 0) is 27.5 Å². The molecule has 13 aromatic rings. The number of hydrogen-bond acceptors (Lipinski definition) is 2. The number of benzene rings is 9. The van der Waals surface area contributed by atoms with E-state index in [0.717, 1.165) is 67.1 Å². The largest absolute Gasteiger partial charge is 0.510 e. The number of hydrogen-bond donors (Lipinski definition) is 0. The first-order valence-electron chi connectivity index (χ1n) is 27.2. The van der Waals surface area contributed by atoms with Gasteiger partial charge in [0, 0.05) is 55.1 Å². The SMILES string of the molecule is [2H]c1c([2H])c([2H])c(-c2cccc(-c3c([2H])c([2H])c([2H])c([2H])c3[2H])c2-[n+]2[c-]n(-c3[c-]c(Oc4[c-]c5c(c(-n6c7ccccc7c7ccccc76)c4)c4ccccc4n5-c4cc(CC)ccn4)ccc3)c3ccccc32)c([2H])c1[2H].[Pt]. The molecule has 13 rings (SSSR count). The van der Waals surface area contributed by atoms with Crippen LogP contribution >= 0.6 is 0 Å². The van der Waals surface area contributed by atoms with E-state index < -0.39 is 60.4 Å². The number of nitrogens with zero attached hydrogens (tertiary/aromatic N) is 5. The van der Waals surface area contributed by atoms with Crippen LogP contribution in [0.25, 0.3) is 99.8 Å². The molecule has 69 heavy (non-hydrogen) atoms. The van der Waals surface area contributed by atoms with E-state index in [2.05, 4.69) is 89.1 Å². The quantitative estimate of drug-likeness (QED) is 0.107. The van der Waals surface area contributed by atoms with Gasteiger partial charge in [-0.1, -0.05) is 175 Å². The molecular weight excluding hydrogens is 1030 g/mol. The van der Waals surface area contributed by atoms with Crippen LogP contribution in [0.5, 0.6) is 11.5 Å². The van der Waals surface area contributed by atoms with E-state index in [0.29, 0.717) is 28.2 Å². The minimum absolute atomic E-state index is 0. The van der Waals surface area contributed by atoms with E-state index in [-0.39, 0.29) is 49.0 Å². The van der Waals surface area contributed by atoms with Crippen molar-refractivity contribution in [2.75, 3.05) is 0 Å². The number of aromatic nitrogens is 5. The van der Waals surface area contributed by atoms with Crippen LogP contribution in [0, 0.1) is 18.5 Å². The Bertz CT molecular complexity index is 4490. The summed E-state index contributed by atoms with van der Waals surface area (Å²) in [5.74, 6) is 1.47. The van der Waals surface area contributed by atoms with E-state index in [4.69, 9.17) is 23.4 Å². The van der Waals surface area contributed by atoms with Crippen LogP contribution in [0.4, 0.5) is 0 Å². The fraction of sp³-hybridized carbons (Fsp3) is 0.0323. The Balaban J connectivity index is 0.00000623. The van der Waals surface area contributed by atoms with Crippen molar-refractivity contribution in [3.05, 3.63) is 242 Å². The minimum Gasteiger partial charge on any atom is -0.510 e. The zero-order valence-corrected chi connectivity index (χ0v) is 39.0. The molecule has 0 unspecified atom stereocenters. The molecule has 0 aliphatic carbocycles. The summed E-state index contributed by atoms with van der Waals surface area (Å²) in [5, 5.41) is 4.16. The molecule has 4 heterocycles. The number of fused-ring (bicyclic) bond motifs is 7. The molecule has 0 saturated carbocycles. The van der Waals surface area contributed by atoms with Crippen molar-refractivity contribution >= 4 is 54.6 Å². The minimum atomic E-state index is -0.577. The third-order valence-corrected chi connectivity index (χ3v) is 12.5. The summed E-state index contributed by atoms with van der Waals surface area (Å²) < 4.78 is 102. The predicted molar refractivity (Wildman–Crippen MR) is 275 cm³/mol. The number of imidazole rings is 1. The molecule has 0 fully saturated rings. The first-order chi connectivity index (χ1) is 37.8. The molecule has 0 atom stereocenters. The summed E-state index contributed by atoms with van der Waals surface area (Å²) in [6.45, 7) is 2.12. The molecular formula is C62H41N5OPt-2. The van der Waals surface area contributed by atoms with Crippen molar-refractivity contribution in [3.8, 4) is 56.6 Å². The van der Waals surface area contributed by atoms with Gasteiger partial charge in [-0.15, -0.1) is 24.3 Å². The van der Waals surface area contributed by atoms with Gasteiger partial charge in [0.25, 0.3) is 6.33 Å². The summed E-state index contributed by atoms with van der Waals surface area (Å²) in [6, 6.07) is 50.5. The van der Waals surface area contributed by atoms with Crippen LogP contribution in [0.15, 0.2) is 218 Å². The number of aryl methyl sites for hydroxylation is 1. The zero-order chi connectivity index (χ0) is 53.8. The maximum absolute atomic E-state index is 9.09. The van der Waals surface area contributed by atoms with Gasteiger partial charge in [0.05, 0.1) is 41.5 Å². The van der Waals surface area contributed by atoms with Crippen molar-refractivity contribution in [1.29, 1.82) is 0 Å². The van der Waals surface area contributed by atoms with Crippen LogP contribution in [0.2, 0.25) is 0 Å². The maximum Gasteiger partial charge on any atom is 0.268 e. The van der Waals surface area contributed by atoms with Gasteiger partial charge in [-0.05, 0) is 81.3 Å². The molecule has 4 aromatic heterocycles. The van der Waals surface area contributed by atoms with Gasteiger partial charge in [-0.25, -0.2) is 4.98 Å². The summed E-state index contributed by atoms with van der Waals surface area (Å²) in [6.07, 6.45) is 6.10. The van der Waals surface area contributed by atoms with Crippen molar-refractivity contribution in [2.24, 2.45) is 0 Å². The standard InChI is InChI=1S/C62H41N5O.Pt/c1-2-42-35-36-63-60(37-42)67-55-32-14-11-27-52(55)61-58(66-53-30-12-9-25-50(53)51-26-10-13-31-54(51)66)39-47(40-59(61)67)68-46-24-17-23-45(38-46)64-41-65(57-34-16-15-33-56(57)64)62-48(43-19-5-3-6-20-43)28-18-29-49(62)44-21-7-4-8-22-44;/h3-37,39H,2H2,1H3;/q-2;/i3D,4D,5D,6D,7D,8D,19D,20D,21D,22D;. The molecule has 0 aliphatic rings. The Hall–Kier alpha value is -8.31. The second-order valence-electron chi connectivity index (χ2n) is 16.3. The zero-order valence-electron chi connectivity index (χ0n) is 46.7. The summed E-state index contributed by atoms with van der Waals surface area (Å²) in [5.41, 5.74) is 7.47. The van der Waals surface area contributed by atoms with Crippen LogP contribution in [0.1, 0.15) is 26.2 Å². The third-order valence-electron chi connectivity index (χ3n) is 12.5. The fourth-order valence-electron chi connectivity index (χ4n) is 9.53. The van der Waals surface area contributed by atoms with Gasteiger partial charge in [0.1, 0.15) is 5.82 Å². The van der Waals surface area contributed by atoms with Crippen LogP contribution < -0.4 is 9.30 Å². The Morgan fingerprint density at radius 1 is 0.580 bits per heavy atom. The van der Waals surface area contributed by atoms with E-state index in [1.54, 1.807) is 33.4 Å².